The zero-order chi connectivity index (χ0) is 15.8. The quantitative estimate of drug-likeness (QED) is 0.196. The molecule has 0 saturated heterocycles. The van der Waals surface area contributed by atoms with E-state index in [1.165, 1.54) is 50.0 Å². The van der Waals surface area contributed by atoms with Gasteiger partial charge < -0.3 is 4.79 Å². The molecule has 0 bridgehead atoms. The Morgan fingerprint density at radius 2 is 1.22 bits per heavy atom. The van der Waals surface area contributed by atoms with Gasteiger partial charge in [-0.25, -0.2) is 0 Å². The van der Waals surface area contributed by atoms with Gasteiger partial charge in [0.15, 0.2) is 0 Å². The monoisotopic (exact) mass is 296 g/mol. The summed E-state index contributed by atoms with van der Waals surface area (Å²) in [6.07, 6.45) is 0.750. The van der Waals surface area contributed by atoms with Crippen LogP contribution < -0.4 is 0 Å². The van der Waals surface area contributed by atoms with Gasteiger partial charge in [-0.15, -0.1) is 0 Å². The second-order valence-corrected chi connectivity index (χ2v) is 5.69. The smallest absolute Gasteiger partial charge is 0.116 e. The highest BCUT2D eigenvalue weighted by Gasteiger charge is 2.09. The van der Waals surface area contributed by atoms with Crippen molar-refractivity contribution in [3.63, 3.8) is 0 Å². The summed E-state index contributed by atoms with van der Waals surface area (Å²) >= 11 is 0. The lowest BCUT2D eigenvalue weighted by Gasteiger charge is -2.12. The van der Waals surface area contributed by atoms with Gasteiger partial charge in [0, 0.05) is 0 Å². The van der Waals surface area contributed by atoms with E-state index in [2.05, 4.69) is 72.8 Å². The summed E-state index contributed by atoms with van der Waals surface area (Å²) in [5.74, 6) is 0. The molecule has 0 aromatic heterocycles. The van der Waals surface area contributed by atoms with E-state index in [4.69, 9.17) is 4.79 Å². The molecule has 1 heteroatoms. The van der Waals surface area contributed by atoms with Crippen molar-refractivity contribution in [2.75, 3.05) is 0 Å². The van der Waals surface area contributed by atoms with Crippen molar-refractivity contribution < 1.29 is 4.79 Å². The molecule has 0 aliphatic heterocycles. The Bertz CT molecular complexity index is 1120. The molecule has 110 valence electrons. The minimum Gasteiger partial charge on any atom is -0.304 e. The molecule has 5 aromatic carbocycles. The van der Waals surface area contributed by atoms with Crippen molar-refractivity contribution in [1.29, 1.82) is 0 Å². The SMILES string of the molecule is CC=O.c1ccc2c(c1)cc1ccc3cccc4ccc2c1c34. The molecule has 0 fully saturated rings. The first-order valence-electron chi connectivity index (χ1n) is 7.78. The normalized spacial score (nSPS) is 11.0. The fraction of sp³-hybridized carbons (Fsp3) is 0.0455. The third kappa shape index (κ3) is 2.05. The van der Waals surface area contributed by atoms with Crippen molar-refractivity contribution in [2.45, 2.75) is 6.92 Å². The molecule has 0 atom stereocenters. The summed E-state index contributed by atoms with van der Waals surface area (Å²) < 4.78 is 0. The second kappa shape index (κ2) is 5.36. The summed E-state index contributed by atoms with van der Waals surface area (Å²) in [5.41, 5.74) is 0. The van der Waals surface area contributed by atoms with Gasteiger partial charge in [0.05, 0.1) is 0 Å². The summed E-state index contributed by atoms with van der Waals surface area (Å²) in [7, 11) is 0. The van der Waals surface area contributed by atoms with E-state index in [0.29, 0.717) is 0 Å². The molecule has 0 spiro atoms. The Hall–Kier alpha value is -2.93. The number of aldehydes is 1. The van der Waals surface area contributed by atoms with Gasteiger partial charge in [0.1, 0.15) is 6.29 Å². The number of rotatable bonds is 0. The van der Waals surface area contributed by atoms with Crippen LogP contribution in [0.2, 0.25) is 0 Å². The van der Waals surface area contributed by atoms with Crippen LogP contribution in [0, 0.1) is 0 Å². The van der Waals surface area contributed by atoms with Crippen molar-refractivity contribution in [3.05, 3.63) is 72.8 Å². The second-order valence-electron chi connectivity index (χ2n) is 5.69. The number of fused-ring (bicyclic) bond motifs is 2. The van der Waals surface area contributed by atoms with E-state index in [1.807, 2.05) is 0 Å². The van der Waals surface area contributed by atoms with Gasteiger partial charge in [0.25, 0.3) is 0 Å². The molecule has 0 N–H and O–H groups in total. The Balaban J connectivity index is 0.000000421. The largest absolute Gasteiger partial charge is 0.304 e. The molecule has 0 saturated carbocycles. The molecule has 0 aliphatic rings. The first-order valence-corrected chi connectivity index (χ1v) is 7.78. The van der Waals surface area contributed by atoms with Crippen LogP contribution in [-0.4, -0.2) is 6.29 Å². The first-order chi connectivity index (χ1) is 11.3. The Kier molecular flexibility index (Phi) is 3.20. The van der Waals surface area contributed by atoms with Gasteiger partial charge in [-0.3, -0.25) is 0 Å². The maximum absolute atomic E-state index is 8.81. The zero-order valence-corrected chi connectivity index (χ0v) is 12.9. The van der Waals surface area contributed by atoms with E-state index < -0.39 is 0 Å². The van der Waals surface area contributed by atoms with Crippen LogP contribution >= 0.6 is 0 Å². The molecule has 5 rings (SSSR count). The van der Waals surface area contributed by atoms with Crippen molar-refractivity contribution in [1.82, 2.24) is 0 Å². The van der Waals surface area contributed by atoms with E-state index in [1.54, 1.807) is 0 Å². The number of benzene rings is 5. The number of hydrogen-bond donors (Lipinski definition) is 0. The van der Waals surface area contributed by atoms with Crippen molar-refractivity contribution >= 4 is 49.4 Å². The number of hydrogen-bond acceptors (Lipinski definition) is 1. The molecular formula is C22H16O. The molecule has 0 unspecified atom stereocenters. The Labute approximate surface area is 134 Å². The van der Waals surface area contributed by atoms with E-state index in [9.17, 15) is 0 Å². The van der Waals surface area contributed by atoms with E-state index in [0.717, 1.165) is 6.29 Å². The van der Waals surface area contributed by atoms with Gasteiger partial charge >= 0.3 is 0 Å². The third-order valence-electron chi connectivity index (χ3n) is 4.37. The Morgan fingerprint density at radius 3 is 2.00 bits per heavy atom. The summed E-state index contributed by atoms with van der Waals surface area (Å²) in [4.78, 5) is 8.81. The highest BCUT2D eigenvalue weighted by molar-refractivity contribution is 6.28. The highest BCUT2D eigenvalue weighted by atomic mass is 16.1. The van der Waals surface area contributed by atoms with E-state index in [-0.39, 0.29) is 0 Å². The zero-order valence-electron chi connectivity index (χ0n) is 12.9. The highest BCUT2D eigenvalue weighted by Crippen LogP contribution is 2.38. The van der Waals surface area contributed by atoms with Crippen molar-refractivity contribution in [3.8, 4) is 0 Å². The molecule has 1 nitrogen and oxygen atoms in total. The molecule has 5 aromatic rings. The third-order valence-corrected chi connectivity index (χ3v) is 4.37. The standard InChI is InChI=1S/C20H12.C2H4O/c1-2-7-17-15(4-1)12-16-9-8-13-5-3-6-14-10-11-18(17)20(16)19(13)14;1-2-3/h1-12H;2H,1H3. The van der Waals surface area contributed by atoms with Gasteiger partial charge in [-0.2, -0.15) is 0 Å². The van der Waals surface area contributed by atoms with Crippen LogP contribution in [-0.2, 0) is 4.79 Å². The van der Waals surface area contributed by atoms with Crippen LogP contribution in [0.15, 0.2) is 72.8 Å². The fourth-order valence-corrected chi connectivity index (χ4v) is 3.49. The molecule has 0 amide bonds. The minimum absolute atomic E-state index is 0.750. The predicted octanol–water partition coefficient (Wildman–Crippen LogP) is 5.94. The first kappa shape index (κ1) is 13.7. The topological polar surface area (TPSA) is 17.1 Å². The minimum atomic E-state index is 0.750. The number of carbonyl (C=O) groups is 1. The molecular weight excluding hydrogens is 280 g/mol. The molecule has 0 radical (unpaired) electrons. The number of carbonyl (C=O) groups excluding carboxylic acids is 1. The van der Waals surface area contributed by atoms with Crippen LogP contribution in [0.5, 0.6) is 0 Å². The lowest BCUT2D eigenvalue weighted by molar-refractivity contribution is -0.106. The van der Waals surface area contributed by atoms with Crippen LogP contribution in [0.25, 0.3) is 43.1 Å². The maximum atomic E-state index is 8.81. The van der Waals surface area contributed by atoms with Crippen LogP contribution in [0.4, 0.5) is 0 Å². The average Bonchev–Trinajstić information content (AvgIpc) is 2.60. The van der Waals surface area contributed by atoms with Gasteiger partial charge in [-0.05, 0) is 56.1 Å². The molecule has 0 heterocycles. The maximum Gasteiger partial charge on any atom is 0.116 e. The fourth-order valence-electron chi connectivity index (χ4n) is 3.49. The van der Waals surface area contributed by atoms with Gasteiger partial charge in [-0.1, -0.05) is 66.7 Å². The molecule has 0 aliphatic carbocycles. The average molecular weight is 296 g/mol. The summed E-state index contributed by atoms with van der Waals surface area (Å²) in [6.45, 7) is 1.44. The van der Waals surface area contributed by atoms with Crippen molar-refractivity contribution in [2.24, 2.45) is 0 Å². The molecule has 23 heavy (non-hydrogen) atoms. The Morgan fingerprint density at radius 1 is 0.609 bits per heavy atom. The summed E-state index contributed by atoms with van der Waals surface area (Å²) in [6, 6.07) is 26.5. The summed E-state index contributed by atoms with van der Waals surface area (Å²) in [5, 5.41) is 10.8. The lowest BCUT2D eigenvalue weighted by Crippen LogP contribution is -1.85. The van der Waals surface area contributed by atoms with Gasteiger partial charge in [0.2, 0.25) is 0 Å². The van der Waals surface area contributed by atoms with Crippen LogP contribution in [0.3, 0.4) is 0 Å². The van der Waals surface area contributed by atoms with E-state index >= 15 is 0 Å². The lowest BCUT2D eigenvalue weighted by atomic mass is 9.91. The predicted molar refractivity (Wildman–Crippen MR) is 99.4 cm³/mol. The van der Waals surface area contributed by atoms with Crippen LogP contribution in [0.1, 0.15) is 6.92 Å².